The Balaban J connectivity index is 1.42. The molecule has 0 aromatic carbocycles. The number of carbonyl (C=O) groups excluding carboxylic acids is 1. The van der Waals surface area contributed by atoms with Crippen LogP contribution in [-0.4, -0.2) is 24.0 Å². The summed E-state index contributed by atoms with van der Waals surface area (Å²) >= 11 is 1.53. The monoisotopic (exact) mass is 251 g/mol. The van der Waals surface area contributed by atoms with Gasteiger partial charge in [0, 0.05) is 11.3 Å². The minimum absolute atomic E-state index is 0.0161. The van der Waals surface area contributed by atoms with Gasteiger partial charge in [0.15, 0.2) is 5.13 Å². The molecule has 17 heavy (non-hydrogen) atoms. The highest BCUT2D eigenvalue weighted by Gasteiger charge is 2.26. The van der Waals surface area contributed by atoms with Gasteiger partial charge in [-0.3, -0.25) is 4.79 Å². The van der Waals surface area contributed by atoms with Gasteiger partial charge in [-0.15, -0.1) is 11.3 Å². The van der Waals surface area contributed by atoms with Crippen molar-refractivity contribution < 1.29 is 4.79 Å². The highest BCUT2D eigenvalue weighted by molar-refractivity contribution is 7.13. The van der Waals surface area contributed by atoms with E-state index < -0.39 is 0 Å². The molecule has 1 amide bonds. The van der Waals surface area contributed by atoms with Crippen LogP contribution >= 0.6 is 11.3 Å². The lowest BCUT2D eigenvalue weighted by Crippen LogP contribution is -2.29. The Morgan fingerprint density at radius 1 is 1.41 bits per heavy atom. The van der Waals surface area contributed by atoms with Crippen molar-refractivity contribution in [2.45, 2.75) is 31.6 Å². The van der Waals surface area contributed by atoms with Crippen molar-refractivity contribution in [3.8, 4) is 0 Å². The van der Waals surface area contributed by atoms with Gasteiger partial charge in [0.25, 0.3) is 0 Å². The molecule has 2 aliphatic rings. The summed E-state index contributed by atoms with van der Waals surface area (Å²) in [5, 5.41) is 8.82. The first-order valence-corrected chi connectivity index (χ1v) is 7.15. The zero-order valence-corrected chi connectivity index (χ0v) is 10.6. The van der Waals surface area contributed by atoms with Gasteiger partial charge in [0.1, 0.15) is 0 Å². The van der Waals surface area contributed by atoms with Crippen LogP contribution in [0.2, 0.25) is 0 Å². The van der Waals surface area contributed by atoms with E-state index in [4.69, 9.17) is 0 Å². The lowest BCUT2D eigenvalue weighted by molar-refractivity contribution is -0.115. The predicted molar refractivity (Wildman–Crippen MR) is 68.3 cm³/mol. The number of nitrogens with one attached hydrogen (secondary N) is 2. The number of anilines is 1. The largest absolute Gasteiger partial charge is 0.308 e. The average molecular weight is 251 g/mol. The first-order chi connectivity index (χ1) is 8.31. The standard InChI is InChI=1S/C12H17N3OS/c16-11(6-13-5-8-1-2-8)15-12-14-10(7-17-12)9-3-4-9/h7-9,13H,1-6H2,(H,14,15,16). The van der Waals surface area contributed by atoms with Gasteiger partial charge in [0.05, 0.1) is 12.2 Å². The molecule has 0 radical (unpaired) electrons. The predicted octanol–water partition coefficient (Wildman–Crippen LogP) is 1.96. The summed E-state index contributed by atoms with van der Waals surface area (Å²) in [5.41, 5.74) is 1.15. The smallest absolute Gasteiger partial charge is 0.240 e. The average Bonchev–Trinajstić information content (AvgIpc) is 3.20. The first kappa shape index (κ1) is 11.2. The second kappa shape index (κ2) is 4.74. The molecule has 1 aromatic heterocycles. The Labute approximate surface area is 105 Å². The zero-order chi connectivity index (χ0) is 11.7. The third-order valence-corrected chi connectivity index (χ3v) is 3.96. The van der Waals surface area contributed by atoms with Crippen molar-refractivity contribution in [3.63, 3.8) is 0 Å². The normalized spacial score (nSPS) is 19.3. The van der Waals surface area contributed by atoms with Crippen LogP contribution in [0.3, 0.4) is 0 Å². The first-order valence-electron chi connectivity index (χ1n) is 6.27. The molecule has 0 atom stereocenters. The Bertz CT molecular complexity index is 410. The van der Waals surface area contributed by atoms with Crippen molar-refractivity contribution in [2.24, 2.45) is 5.92 Å². The van der Waals surface area contributed by atoms with Crippen molar-refractivity contribution in [1.29, 1.82) is 0 Å². The molecule has 2 saturated carbocycles. The quantitative estimate of drug-likeness (QED) is 0.812. The van der Waals surface area contributed by atoms with Gasteiger partial charge < -0.3 is 10.6 Å². The molecule has 92 valence electrons. The SMILES string of the molecule is O=C(CNCC1CC1)Nc1nc(C2CC2)cs1. The van der Waals surface area contributed by atoms with Gasteiger partial charge >= 0.3 is 0 Å². The third-order valence-electron chi connectivity index (χ3n) is 3.18. The highest BCUT2D eigenvalue weighted by atomic mass is 32.1. The van der Waals surface area contributed by atoms with E-state index in [-0.39, 0.29) is 5.91 Å². The summed E-state index contributed by atoms with van der Waals surface area (Å²) in [6, 6.07) is 0. The van der Waals surface area contributed by atoms with E-state index in [1.807, 2.05) is 0 Å². The summed E-state index contributed by atoms with van der Waals surface area (Å²) in [4.78, 5) is 16.0. The molecular weight excluding hydrogens is 234 g/mol. The molecule has 0 saturated heterocycles. The molecule has 0 spiro atoms. The van der Waals surface area contributed by atoms with Gasteiger partial charge in [-0.25, -0.2) is 4.98 Å². The number of thiazole rings is 1. The van der Waals surface area contributed by atoms with E-state index in [1.54, 1.807) is 0 Å². The van der Waals surface area contributed by atoms with Gasteiger partial charge in [-0.2, -0.15) is 0 Å². The fourth-order valence-electron chi connectivity index (χ4n) is 1.79. The summed E-state index contributed by atoms with van der Waals surface area (Å²) in [6.07, 6.45) is 5.12. The molecular formula is C12H17N3OS. The molecule has 0 unspecified atom stereocenters. The molecule has 2 fully saturated rings. The van der Waals surface area contributed by atoms with E-state index >= 15 is 0 Å². The van der Waals surface area contributed by atoms with E-state index in [2.05, 4.69) is 21.0 Å². The Hall–Kier alpha value is -0.940. The van der Waals surface area contributed by atoms with Crippen LogP contribution in [0.5, 0.6) is 0 Å². The number of aromatic nitrogens is 1. The number of amides is 1. The van der Waals surface area contributed by atoms with Crippen molar-refractivity contribution >= 4 is 22.4 Å². The maximum atomic E-state index is 11.6. The summed E-state index contributed by atoms with van der Waals surface area (Å²) in [6.45, 7) is 1.37. The summed E-state index contributed by atoms with van der Waals surface area (Å²) < 4.78 is 0. The number of hydrogen-bond donors (Lipinski definition) is 2. The van der Waals surface area contributed by atoms with Crippen molar-refractivity contribution in [1.82, 2.24) is 10.3 Å². The Morgan fingerprint density at radius 2 is 2.24 bits per heavy atom. The van der Waals surface area contributed by atoms with Gasteiger partial charge in [-0.1, -0.05) is 0 Å². The number of nitrogens with zero attached hydrogens (tertiary/aromatic N) is 1. The third kappa shape index (κ3) is 3.26. The molecule has 5 heteroatoms. The molecule has 2 aliphatic carbocycles. The lowest BCUT2D eigenvalue weighted by atomic mass is 10.3. The van der Waals surface area contributed by atoms with E-state index in [9.17, 15) is 4.79 Å². The van der Waals surface area contributed by atoms with E-state index in [0.717, 1.165) is 23.3 Å². The number of hydrogen-bond acceptors (Lipinski definition) is 4. The maximum Gasteiger partial charge on any atom is 0.240 e. The van der Waals surface area contributed by atoms with Crippen molar-refractivity contribution in [2.75, 3.05) is 18.4 Å². The van der Waals surface area contributed by atoms with Gasteiger partial charge in [0.2, 0.25) is 5.91 Å². The minimum Gasteiger partial charge on any atom is -0.308 e. The fourth-order valence-corrected chi connectivity index (χ4v) is 2.59. The van der Waals surface area contributed by atoms with Crippen LogP contribution in [0.25, 0.3) is 0 Å². The van der Waals surface area contributed by atoms with Crippen LogP contribution in [0.15, 0.2) is 5.38 Å². The molecule has 1 heterocycles. The number of carbonyl (C=O) groups is 1. The maximum absolute atomic E-state index is 11.6. The highest BCUT2D eigenvalue weighted by Crippen LogP contribution is 2.40. The Morgan fingerprint density at radius 3 is 2.94 bits per heavy atom. The summed E-state index contributed by atoms with van der Waals surface area (Å²) in [7, 11) is 0. The minimum atomic E-state index is 0.0161. The fraction of sp³-hybridized carbons (Fsp3) is 0.667. The Kier molecular flexibility index (Phi) is 3.11. The number of rotatable bonds is 6. The molecule has 0 aliphatic heterocycles. The zero-order valence-electron chi connectivity index (χ0n) is 9.74. The molecule has 4 nitrogen and oxygen atoms in total. The molecule has 2 N–H and O–H groups in total. The van der Waals surface area contributed by atoms with Crippen LogP contribution in [-0.2, 0) is 4.79 Å². The molecule has 1 aromatic rings. The second-order valence-corrected chi connectivity index (χ2v) is 5.83. The van der Waals surface area contributed by atoms with E-state index in [1.165, 1.54) is 37.0 Å². The van der Waals surface area contributed by atoms with Crippen LogP contribution in [0.1, 0.15) is 37.3 Å². The topological polar surface area (TPSA) is 54.0 Å². The van der Waals surface area contributed by atoms with E-state index in [0.29, 0.717) is 12.5 Å². The molecule has 3 rings (SSSR count). The van der Waals surface area contributed by atoms with Crippen molar-refractivity contribution in [3.05, 3.63) is 11.1 Å². The lowest BCUT2D eigenvalue weighted by Gasteiger charge is -2.03. The van der Waals surface area contributed by atoms with Gasteiger partial charge in [-0.05, 0) is 38.1 Å². The van der Waals surface area contributed by atoms with Crippen LogP contribution in [0, 0.1) is 5.92 Å². The summed E-state index contributed by atoms with van der Waals surface area (Å²) in [5.74, 6) is 1.48. The van der Waals surface area contributed by atoms with Crippen LogP contribution in [0.4, 0.5) is 5.13 Å². The van der Waals surface area contributed by atoms with Crippen LogP contribution < -0.4 is 10.6 Å². The molecule has 0 bridgehead atoms. The second-order valence-electron chi connectivity index (χ2n) is 4.97.